The van der Waals surface area contributed by atoms with Gasteiger partial charge < -0.3 is 9.64 Å². The third-order valence-electron chi connectivity index (χ3n) is 4.22. The zero-order valence-electron chi connectivity index (χ0n) is 13.0. The van der Waals surface area contributed by atoms with Crippen molar-refractivity contribution in [2.45, 2.75) is 13.0 Å². The van der Waals surface area contributed by atoms with Crippen LogP contribution in [0.25, 0.3) is 10.6 Å². The maximum absolute atomic E-state index is 5.21. The molecule has 2 heterocycles. The Kier molecular flexibility index (Phi) is 3.75. The van der Waals surface area contributed by atoms with Gasteiger partial charge in [-0.3, -0.25) is 0 Å². The van der Waals surface area contributed by atoms with Gasteiger partial charge in [0.2, 0.25) is 0 Å². The molecule has 0 N–H and O–H groups in total. The molecule has 4 rings (SSSR count). The van der Waals surface area contributed by atoms with Crippen LogP contribution in [-0.2, 0) is 13.0 Å². The van der Waals surface area contributed by atoms with Crippen LogP contribution in [0.5, 0.6) is 5.75 Å². The molecule has 0 saturated carbocycles. The molecule has 0 aliphatic carbocycles. The Hall–Kier alpha value is -2.33. The van der Waals surface area contributed by atoms with Crippen LogP contribution in [0.15, 0.2) is 53.9 Å². The van der Waals surface area contributed by atoms with E-state index >= 15 is 0 Å². The zero-order chi connectivity index (χ0) is 15.6. The van der Waals surface area contributed by atoms with Crippen molar-refractivity contribution in [3.63, 3.8) is 0 Å². The Morgan fingerprint density at radius 1 is 1.13 bits per heavy atom. The summed E-state index contributed by atoms with van der Waals surface area (Å²) in [5.41, 5.74) is 5.07. The molecule has 23 heavy (non-hydrogen) atoms. The zero-order valence-corrected chi connectivity index (χ0v) is 13.8. The molecule has 1 aliphatic rings. The minimum Gasteiger partial charge on any atom is -0.497 e. The second kappa shape index (κ2) is 6.05. The molecule has 0 amide bonds. The van der Waals surface area contributed by atoms with Crippen molar-refractivity contribution in [3.05, 3.63) is 65.2 Å². The van der Waals surface area contributed by atoms with Crippen LogP contribution < -0.4 is 9.64 Å². The van der Waals surface area contributed by atoms with E-state index in [1.807, 2.05) is 12.1 Å². The first-order valence-electron chi connectivity index (χ1n) is 7.75. The highest BCUT2D eigenvalue weighted by molar-refractivity contribution is 7.13. The van der Waals surface area contributed by atoms with Crippen LogP contribution in [0.1, 0.15) is 11.3 Å². The van der Waals surface area contributed by atoms with Crippen LogP contribution >= 0.6 is 11.3 Å². The molecule has 0 bridgehead atoms. The number of aromatic nitrogens is 1. The van der Waals surface area contributed by atoms with Crippen LogP contribution in [0.4, 0.5) is 5.69 Å². The first kappa shape index (κ1) is 14.3. The van der Waals surface area contributed by atoms with E-state index in [2.05, 4.69) is 46.7 Å². The molecule has 116 valence electrons. The largest absolute Gasteiger partial charge is 0.497 e. The van der Waals surface area contributed by atoms with Gasteiger partial charge in [0.25, 0.3) is 0 Å². The average Bonchev–Trinajstić information content (AvgIpc) is 3.23. The van der Waals surface area contributed by atoms with E-state index in [4.69, 9.17) is 9.72 Å². The molecule has 2 aromatic carbocycles. The van der Waals surface area contributed by atoms with Gasteiger partial charge in [-0.2, -0.15) is 0 Å². The molecule has 1 aromatic heterocycles. The third-order valence-corrected chi connectivity index (χ3v) is 5.17. The van der Waals surface area contributed by atoms with Crippen molar-refractivity contribution < 1.29 is 4.74 Å². The van der Waals surface area contributed by atoms with Gasteiger partial charge >= 0.3 is 0 Å². The molecule has 4 heteroatoms. The maximum atomic E-state index is 5.21. The van der Waals surface area contributed by atoms with Crippen molar-refractivity contribution in [1.82, 2.24) is 4.98 Å². The molecule has 3 nitrogen and oxygen atoms in total. The Morgan fingerprint density at radius 2 is 1.96 bits per heavy atom. The molecular weight excluding hydrogens is 304 g/mol. The first-order valence-corrected chi connectivity index (χ1v) is 8.63. The molecule has 1 aliphatic heterocycles. The molecule has 0 saturated heterocycles. The maximum Gasteiger partial charge on any atom is 0.123 e. The molecular formula is C19H18N2OS. The minimum atomic E-state index is 0.874. The normalized spacial score (nSPS) is 13.2. The lowest BCUT2D eigenvalue weighted by molar-refractivity contribution is 0.415. The van der Waals surface area contributed by atoms with Gasteiger partial charge in [-0.15, -0.1) is 11.3 Å². The summed E-state index contributed by atoms with van der Waals surface area (Å²) in [6, 6.07) is 16.7. The van der Waals surface area contributed by atoms with Gasteiger partial charge in [-0.1, -0.05) is 18.2 Å². The standard InChI is InChI=1S/C19H18N2OS/c1-22-17-8-6-15(7-9-17)19-20-16(13-23-19)12-21-11-10-14-4-2-3-5-18(14)21/h2-9,13H,10-12H2,1H3. The van der Waals surface area contributed by atoms with Crippen molar-refractivity contribution in [2.24, 2.45) is 0 Å². The van der Waals surface area contributed by atoms with Crippen molar-refractivity contribution in [1.29, 1.82) is 0 Å². The Morgan fingerprint density at radius 3 is 2.78 bits per heavy atom. The van der Waals surface area contributed by atoms with Gasteiger partial charge in [-0.05, 0) is 42.3 Å². The smallest absolute Gasteiger partial charge is 0.123 e. The summed E-state index contributed by atoms with van der Waals surface area (Å²) in [5.74, 6) is 0.874. The fourth-order valence-corrected chi connectivity index (χ4v) is 3.83. The number of benzene rings is 2. The Balaban J connectivity index is 1.52. The van der Waals surface area contributed by atoms with E-state index in [-0.39, 0.29) is 0 Å². The summed E-state index contributed by atoms with van der Waals surface area (Å²) < 4.78 is 5.21. The van der Waals surface area contributed by atoms with E-state index < -0.39 is 0 Å². The number of para-hydroxylation sites is 1. The van der Waals surface area contributed by atoms with Gasteiger partial charge in [0.15, 0.2) is 0 Å². The predicted molar refractivity (Wildman–Crippen MR) is 95.3 cm³/mol. The number of nitrogens with zero attached hydrogens (tertiary/aromatic N) is 2. The van der Waals surface area contributed by atoms with E-state index in [0.717, 1.165) is 41.5 Å². The highest BCUT2D eigenvalue weighted by Gasteiger charge is 2.19. The van der Waals surface area contributed by atoms with E-state index in [1.54, 1.807) is 18.4 Å². The molecule has 0 atom stereocenters. The summed E-state index contributed by atoms with van der Waals surface area (Å²) in [4.78, 5) is 7.23. The Bertz CT molecular complexity index is 810. The number of fused-ring (bicyclic) bond motifs is 1. The summed E-state index contributed by atoms with van der Waals surface area (Å²) in [7, 11) is 1.68. The fourth-order valence-electron chi connectivity index (χ4n) is 3.01. The van der Waals surface area contributed by atoms with Crippen molar-refractivity contribution in [2.75, 3.05) is 18.6 Å². The van der Waals surface area contributed by atoms with Crippen LogP contribution in [-0.4, -0.2) is 18.6 Å². The van der Waals surface area contributed by atoms with E-state index in [1.165, 1.54) is 11.3 Å². The van der Waals surface area contributed by atoms with Gasteiger partial charge in [0.05, 0.1) is 19.3 Å². The highest BCUT2D eigenvalue weighted by atomic mass is 32.1. The van der Waals surface area contributed by atoms with Crippen LogP contribution in [0.2, 0.25) is 0 Å². The van der Waals surface area contributed by atoms with Crippen LogP contribution in [0, 0.1) is 0 Å². The summed E-state index contributed by atoms with van der Waals surface area (Å²) in [6.45, 7) is 1.96. The minimum absolute atomic E-state index is 0.874. The second-order valence-electron chi connectivity index (χ2n) is 5.67. The molecule has 3 aromatic rings. The number of rotatable bonds is 4. The summed E-state index contributed by atoms with van der Waals surface area (Å²) >= 11 is 1.70. The van der Waals surface area contributed by atoms with Gasteiger partial charge in [-0.25, -0.2) is 4.98 Å². The predicted octanol–water partition coefficient (Wildman–Crippen LogP) is 4.38. The van der Waals surface area contributed by atoms with E-state index in [0.29, 0.717) is 0 Å². The average molecular weight is 322 g/mol. The monoisotopic (exact) mass is 322 g/mol. The number of methoxy groups -OCH3 is 1. The number of hydrogen-bond acceptors (Lipinski definition) is 4. The SMILES string of the molecule is COc1ccc(-c2nc(CN3CCc4ccccc43)cs2)cc1. The summed E-state index contributed by atoms with van der Waals surface area (Å²) in [6.07, 6.45) is 1.13. The lowest BCUT2D eigenvalue weighted by Crippen LogP contribution is -2.19. The summed E-state index contributed by atoms with van der Waals surface area (Å²) in [5, 5.41) is 3.23. The lowest BCUT2D eigenvalue weighted by atomic mass is 10.2. The third kappa shape index (κ3) is 2.82. The van der Waals surface area contributed by atoms with E-state index in [9.17, 15) is 0 Å². The first-order chi connectivity index (χ1) is 11.3. The highest BCUT2D eigenvalue weighted by Crippen LogP contribution is 2.30. The quantitative estimate of drug-likeness (QED) is 0.713. The fraction of sp³-hybridized carbons (Fsp3) is 0.211. The van der Waals surface area contributed by atoms with Crippen molar-refractivity contribution in [3.8, 4) is 16.3 Å². The van der Waals surface area contributed by atoms with Gasteiger partial charge in [0.1, 0.15) is 10.8 Å². The van der Waals surface area contributed by atoms with Crippen LogP contribution in [0.3, 0.4) is 0 Å². The lowest BCUT2D eigenvalue weighted by Gasteiger charge is -2.17. The number of anilines is 1. The topological polar surface area (TPSA) is 25.4 Å². The number of thiazole rings is 1. The molecule has 0 fully saturated rings. The van der Waals surface area contributed by atoms with Crippen molar-refractivity contribution >= 4 is 17.0 Å². The van der Waals surface area contributed by atoms with Gasteiger partial charge in [0, 0.05) is 23.2 Å². The number of ether oxygens (including phenoxy) is 1. The second-order valence-corrected chi connectivity index (χ2v) is 6.53. The number of hydrogen-bond donors (Lipinski definition) is 0. The Labute approximate surface area is 140 Å². The molecule has 0 spiro atoms. The molecule has 0 unspecified atom stereocenters. The molecule has 0 radical (unpaired) electrons.